The van der Waals surface area contributed by atoms with Gasteiger partial charge in [0, 0.05) is 44.8 Å². The van der Waals surface area contributed by atoms with E-state index in [4.69, 9.17) is 4.74 Å². The Hall–Kier alpha value is -3.94. The molecular weight excluding hydrogens is 464 g/mol. The molecule has 0 bridgehead atoms. The minimum Gasteiger partial charge on any atom is -0.449 e. The third-order valence-corrected chi connectivity index (χ3v) is 6.68. The highest BCUT2D eigenvalue weighted by Crippen LogP contribution is 2.32. The van der Waals surface area contributed by atoms with E-state index in [-0.39, 0.29) is 17.6 Å². The molecule has 0 saturated carbocycles. The fourth-order valence-electron chi connectivity index (χ4n) is 4.62. The minimum atomic E-state index is -0.335. The van der Waals surface area contributed by atoms with Crippen molar-refractivity contribution in [2.75, 3.05) is 44.6 Å². The van der Waals surface area contributed by atoms with Crippen LogP contribution in [0.25, 0.3) is 6.08 Å². The summed E-state index contributed by atoms with van der Waals surface area (Å²) in [6.07, 6.45) is 2.59. The van der Waals surface area contributed by atoms with E-state index >= 15 is 0 Å². The van der Waals surface area contributed by atoms with E-state index in [9.17, 15) is 9.59 Å². The van der Waals surface area contributed by atoms with Crippen molar-refractivity contribution >= 4 is 23.6 Å². The Balaban J connectivity index is 1.06. The highest BCUT2D eigenvalue weighted by Gasteiger charge is 2.23. The van der Waals surface area contributed by atoms with E-state index in [0.29, 0.717) is 23.5 Å². The van der Waals surface area contributed by atoms with Crippen molar-refractivity contribution < 1.29 is 14.3 Å². The second kappa shape index (κ2) is 11.9. The summed E-state index contributed by atoms with van der Waals surface area (Å²) in [5.74, 6) is 0.245. The lowest BCUT2D eigenvalue weighted by atomic mass is 10.1. The predicted molar refractivity (Wildman–Crippen MR) is 145 cm³/mol. The number of benzene rings is 3. The lowest BCUT2D eigenvalue weighted by molar-refractivity contribution is -0.115. The number of piperazine rings is 1. The zero-order valence-corrected chi connectivity index (χ0v) is 20.9. The first kappa shape index (κ1) is 24.7. The number of hydrogen-bond acceptors (Lipinski definition) is 5. The van der Waals surface area contributed by atoms with Gasteiger partial charge >= 0.3 is 0 Å². The van der Waals surface area contributed by atoms with Crippen LogP contribution >= 0.6 is 0 Å². The molecular formula is C30H32N4O3. The van der Waals surface area contributed by atoms with Crippen LogP contribution in [0, 0.1) is 0 Å². The first-order valence-corrected chi connectivity index (χ1v) is 12.8. The lowest BCUT2D eigenvalue weighted by Crippen LogP contribution is -2.46. The summed E-state index contributed by atoms with van der Waals surface area (Å²) in [5.41, 5.74) is 3.22. The van der Waals surface area contributed by atoms with Crippen molar-refractivity contribution in [1.82, 2.24) is 15.1 Å². The molecule has 2 aliphatic heterocycles. The fourth-order valence-corrected chi connectivity index (χ4v) is 4.62. The molecule has 0 aromatic heterocycles. The number of nitrogens with one attached hydrogen (secondary N) is 2. The molecule has 0 aliphatic carbocycles. The van der Waals surface area contributed by atoms with Crippen LogP contribution in [-0.4, -0.2) is 60.9 Å². The minimum absolute atomic E-state index is 0.157. The third kappa shape index (κ3) is 6.64. The Kier molecular flexibility index (Phi) is 7.93. The predicted octanol–water partition coefficient (Wildman–Crippen LogP) is 4.00. The van der Waals surface area contributed by atoms with Crippen LogP contribution in [0.5, 0.6) is 5.75 Å². The van der Waals surface area contributed by atoms with Crippen LogP contribution in [0.15, 0.2) is 84.6 Å². The molecule has 2 aliphatic rings. The Bertz CT molecular complexity index is 1250. The number of rotatable bonds is 8. The molecule has 0 atom stereocenters. The smallest absolute Gasteiger partial charge is 0.291 e. The van der Waals surface area contributed by atoms with Gasteiger partial charge < -0.3 is 20.3 Å². The zero-order chi connectivity index (χ0) is 25.5. The molecule has 7 heteroatoms. The van der Waals surface area contributed by atoms with Gasteiger partial charge in [0.15, 0.2) is 11.5 Å². The van der Waals surface area contributed by atoms with Gasteiger partial charge in [-0.25, -0.2) is 0 Å². The topological polar surface area (TPSA) is 73.9 Å². The number of carbonyl (C=O) groups excluding carboxylic acids is 2. The summed E-state index contributed by atoms with van der Waals surface area (Å²) >= 11 is 0. The van der Waals surface area contributed by atoms with Gasteiger partial charge in [-0.05, 0) is 48.4 Å². The van der Waals surface area contributed by atoms with Crippen LogP contribution in [0.4, 0.5) is 5.69 Å². The number of amides is 2. The quantitative estimate of drug-likeness (QED) is 0.364. The van der Waals surface area contributed by atoms with Crippen molar-refractivity contribution in [3.8, 4) is 5.75 Å². The first-order chi connectivity index (χ1) is 18.1. The Morgan fingerprint density at radius 1 is 0.919 bits per heavy atom. The average Bonchev–Trinajstić information content (AvgIpc) is 2.93. The largest absolute Gasteiger partial charge is 0.449 e. The second-order valence-corrected chi connectivity index (χ2v) is 9.40. The molecule has 7 nitrogen and oxygen atoms in total. The van der Waals surface area contributed by atoms with Gasteiger partial charge in [-0.1, -0.05) is 60.7 Å². The van der Waals surface area contributed by atoms with Crippen molar-refractivity contribution in [2.24, 2.45) is 0 Å². The molecule has 1 saturated heterocycles. The Morgan fingerprint density at radius 3 is 2.38 bits per heavy atom. The summed E-state index contributed by atoms with van der Waals surface area (Å²) in [4.78, 5) is 30.1. The lowest BCUT2D eigenvalue weighted by Gasteiger charge is -2.34. The normalized spacial score (nSPS) is 17.1. The Morgan fingerprint density at radius 2 is 1.62 bits per heavy atom. The molecule has 0 unspecified atom stereocenters. The summed E-state index contributed by atoms with van der Waals surface area (Å²) in [7, 11) is 0. The molecule has 0 radical (unpaired) electrons. The fraction of sp³-hybridized carbons (Fsp3) is 0.267. The van der Waals surface area contributed by atoms with Crippen LogP contribution in [-0.2, 0) is 11.3 Å². The van der Waals surface area contributed by atoms with E-state index in [1.54, 1.807) is 24.3 Å². The average molecular weight is 497 g/mol. The van der Waals surface area contributed by atoms with Crippen molar-refractivity contribution in [3.63, 3.8) is 0 Å². The standard InChI is InChI=1S/C30H32N4O3/c35-29(31-14-7-15-33-16-18-34(19-17-33)22-24-10-5-2-6-11-24)25-12-13-27-26(21-25)32-30(36)28(37-27)20-23-8-3-1-4-9-23/h1-6,8-13,20-21H,7,14-19,22H2,(H,31,35)(H,32,36)/b28-20-. The maximum Gasteiger partial charge on any atom is 0.291 e. The van der Waals surface area contributed by atoms with Crippen LogP contribution in [0.1, 0.15) is 27.9 Å². The molecule has 3 aromatic rings. The zero-order valence-electron chi connectivity index (χ0n) is 20.9. The van der Waals surface area contributed by atoms with Crippen LogP contribution in [0.3, 0.4) is 0 Å². The SMILES string of the molecule is O=C1Nc2cc(C(=O)NCCCN3CCN(Cc4ccccc4)CC3)ccc2O/C1=C\c1ccccc1. The van der Waals surface area contributed by atoms with Gasteiger partial charge in [0.1, 0.15) is 0 Å². The van der Waals surface area contributed by atoms with Gasteiger partial charge in [0.25, 0.3) is 11.8 Å². The maximum atomic E-state index is 12.7. The summed E-state index contributed by atoms with van der Waals surface area (Å²) in [6.45, 7) is 6.79. The molecule has 1 fully saturated rings. The summed E-state index contributed by atoms with van der Waals surface area (Å²) < 4.78 is 5.80. The van der Waals surface area contributed by atoms with Crippen LogP contribution < -0.4 is 15.4 Å². The molecule has 2 amide bonds. The van der Waals surface area contributed by atoms with Gasteiger partial charge in [-0.2, -0.15) is 0 Å². The highest BCUT2D eigenvalue weighted by molar-refractivity contribution is 6.09. The van der Waals surface area contributed by atoms with E-state index < -0.39 is 0 Å². The molecule has 2 heterocycles. The maximum absolute atomic E-state index is 12.7. The molecule has 5 rings (SSSR count). The molecule has 37 heavy (non-hydrogen) atoms. The van der Waals surface area contributed by atoms with Crippen molar-refractivity contribution in [3.05, 3.63) is 101 Å². The molecule has 3 aromatic carbocycles. The highest BCUT2D eigenvalue weighted by atomic mass is 16.5. The number of anilines is 1. The molecule has 190 valence electrons. The molecule has 0 spiro atoms. The van der Waals surface area contributed by atoms with Crippen molar-refractivity contribution in [2.45, 2.75) is 13.0 Å². The number of nitrogens with zero attached hydrogens (tertiary/aromatic N) is 2. The summed E-state index contributed by atoms with van der Waals surface area (Å²) in [5, 5.41) is 5.83. The van der Waals surface area contributed by atoms with E-state index in [1.807, 2.05) is 30.3 Å². The van der Waals surface area contributed by atoms with E-state index in [0.717, 1.165) is 51.3 Å². The van der Waals surface area contributed by atoms with Gasteiger partial charge in [0.2, 0.25) is 0 Å². The first-order valence-electron chi connectivity index (χ1n) is 12.8. The van der Waals surface area contributed by atoms with Gasteiger partial charge in [0.05, 0.1) is 5.69 Å². The monoisotopic (exact) mass is 496 g/mol. The number of carbonyl (C=O) groups is 2. The second-order valence-electron chi connectivity index (χ2n) is 9.40. The van der Waals surface area contributed by atoms with E-state index in [1.165, 1.54) is 5.56 Å². The number of ether oxygens (including phenoxy) is 1. The number of hydrogen-bond donors (Lipinski definition) is 2. The number of fused-ring (bicyclic) bond motifs is 1. The molecule has 2 N–H and O–H groups in total. The van der Waals surface area contributed by atoms with Gasteiger partial charge in [-0.3, -0.25) is 14.5 Å². The third-order valence-electron chi connectivity index (χ3n) is 6.68. The van der Waals surface area contributed by atoms with Crippen molar-refractivity contribution in [1.29, 1.82) is 0 Å². The summed E-state index contributed by atoms with van der Waals surface area (Å²) in [6, 6.07) is 25.2. The Labute approximate surface area is 217 Å². The van der Waals surface area contributed by atoms with Crippen LogP contribution in [0.2, 0.25) is 0 Å². The van der Waals surface area contributed by atoms with Gasteiger partial charge in [-0.15, -0.1) is 0 Å². The van der Waals surface area contributed by atoms with E-state index in [2.05, 4.69) is 50.8 Å².